The molecule has 1 aromatic heterocycles. The molecule has 2 rings (SSSR count). The van der Waals surface area contributed by atoms with Gasteiger partial charge < -0.3 is 15.1 Å². The van der Waals surface area contributed by atoms with Crippen LogP contribution >= 0.6 is 0 Å². The number of anilines is 1. The molecule has 106 valence electrons. The van der Waals surface area contributed by atoms with E-state index in [2.05, 4.69) is 12.2 Å². The molecule has 2 aromatic rings. The molecule has 0 aliphatic carbocycles. The van der Waals surface area contributed by atoms with Crippen LogP contribution in [0.25, 0.3) is 0 Å². The maximum Gasteiger partial charge on any atom is 0.279 e. The van der Waals surface area contributed by atoms with E-state index >= 15 is 0 Å². The van der Waals surface area contributed by atoms with Gasteiger partial charge >= 0.3 is 0 Å². The predicted molar refractivity (Wildman–Crippen MR) is 78.4 cm³/mol. The van der Waals surface area contributed by atoms with E-state index in [0.717, 1.165) is 17.9 Å². The number of amides is 1. The second-order valence-electron chi connectivity index (χ2n) is 4.84. The number of aryl methyl sites for hydroxylation is 1. The van der Waals surface area contributed by atoms with Crippen molar-refractivity contribution in [3.05, 3.63) is 54.0 Å². The first-order chi connectivity index (χ1) is 9.69. The van der Waals surface area contributed by atoms with Crippen LogP contribution in [-0.2, 0) is 11.2 Å². The molecule has 0 bridgehead atoms. The number of rotatable bonds is 6. The van der Waals surface area contributed by atoms with E-state index < -0.39 is 0 Å². The quantitative estimate of drug-likeness (QED) is 0.847. The predicted octanol–water partition coefficient (Wildman–Crippen LogP) is 2.11. The third kappa shape index (κ3) is 3.96. The topological polar surface area (TPSA) is 58.9 Å². The van der Waals surface area contributed by atoms with Gasteiger partial charge in [-0.3, -0.25) is 4.79 Å². The van der Waals surface area contributed by atoms with Crippen molar-refractivity contribution in [2.45, 2.75) is 26.3 Å². The van der Waals surface area contributed by atoms with Crippen LogP contribution in [0.1, 0.15) is 31.2 Å². The van der Waals surface area contributed by atoms with Crippen molar-refractivity contribution in [1.82, 2.24) is 0 Å². The zero-order valence-corrected chi connectivity index (χ0v) is 11.9. The van der Waals surface area contributed by atoms with Crippen LogP contribution in [0.2, 0.25) is 0 Å². The maximum atomic E-state index is 11.9. The summed E-state index contributed by atoms with van der Waals surface area (Å²) in [5.74, 6) is 0.873. The minimum absolute atomic E-state index is 0.00680. The van der Waals surface area contributed by atoms with Gasteiger partial charge in [0.05, 0.1) is 6.26 Å². The molecule has 20 heavy (non-hydrogen) atoms. The largest absolute Gasteiger partial charge is 0.463 e. The highest BCUT2D eigenvalue weighted by molar-refractivity contribution is 5.91. The molecule has 0 aliphatic heterocycles. The lowest BCUT2D eigenvalue weighted by atomic mass is 10.1. The van der Waals surface area contributed by atoms with E-state index in [0.29, 0.717) is 6.54 Å². The van der Waals surface area contributed by atoms with Gasteiger partial charge in [-0.2, -0.15) is 0 Å². The SMILES string of the molecule is CCc1ccc(NC(=O)C[NH2+][C@H](C)c2ccco2)cc1. The Morgan fingerprint density at radius 2 is 2.05 bits per heavy atom. The van der Waals surface area contributed by atoms with E-state index in [-0.39, 0.29) is 11.9 Å². The average molecular weight is 273 g/mol. The van der Waals surface area contributed by atoms with Crippen LogP contribution in [-0.4, -0.2) is 12.5 Å². The summed E-state index contributed by atoms with van der Waals surface area (Å²) in [5.41, 5.74) is 2.10. The summed E-state index contributed by atoms with van der Waals surface area (Å²) < 4.78 is 5.31. The molecule has 3 N–H and O–H groups in total. The highest BCUT2D eigenvalue weighted by Crippen LogP contribution is 2.10. The first-order valence-corrected chi connectivity index (χ1v) is 6.94. The summed E-state index contributed by atoms with van der Waals surface area (Å²) in [6, 6.07) is 11.9. The Hall–Kier alpha value is -2.07. The summed E-state index contributed by atoms with van der Waals surface area (Å²) >= 11 is 0. The van der Waals surface area contributed by atoms with Crippen LogP contribution in [0.15, 0.2) is 47.1 Å². The minimum atomic E-state index is -0.00680. The van der Waals surface area contributed by atoms with E-state index in [1.54, 1.807) is 6.26 Å². The van der Waals surface area contributed by atoms with Crippen LogP contribution in [0.3, 0.4) is 0 Å². The normalized spacial score (nSPS) is 12.1. The minimum Gasteiger partial charge on any atom is -0.463 e. The summed E-state index contributed by atoms with van der Waals surface area (Å²) in [7, 11) is 0. The lowest BCUT2D eigenvalue weighted by Crippen LogP contribution is -2.86. The average Bonchev–Trinajstić information content (AvgIpc) is 3.00. The van der Waals surface area contributed by atoms with E-state index in [4.69, 9.17) is 4.42 Å². The number of hydrogen-bond donors (Lipinski definition) is 2. The molecule has 0 fully saturated rings. The summed E-state index contributed by atoms with van der Waals surface area (Å²) in [6.45, 7) is 4.50. The number of furan rings is 1. The second-order valence-corrected chi connectivity index (χ2v) is 4.84. The van der Waals surface area contributed by atoms with Gasteiger partial charge in [-0.1, -0.05) is 19.1 Å². The third-order valence-electron chi connectivity index (χ3n) is 3.29. The molecule has 0 radical (unpaired) electrons. The van der Waals surface area contributed by atoms with Gasteiger partial charge in [0.2, 0.25) is 0 Å². The van der Waals surface area contributed by atoms with Crippen molar-refractivity contribution in [3.63, 3.8) is 0 Å². The Kier molecular flexibility index (Phi) is 4.96. The first kappa shape index (κ1) is 14.3. The Labute approximate surface area is 119 Å². The number of benzene rings is 1. The Balaban J connectivity index is 1.80. The zero-order valence-electron chi connectivity index (χ0n) is 11.9. The fourth-order valence-corrected chi connectivity index (χ4v) is 1.99. The highest BCUT2D eigenvalue weighted by atomic mass is 16.3. The van der Waals surface area contributed by atoms with Crippen molar-refractivity contribution in [3.8, 4) is 0 Å². The fraction of sp³-hybridized carbons (Fsp3) is 0.312. The van der Waals surface area contributed by atoms with Crippen LogP contribution in [0.5, 0.6) is 0 Å². The monoisotopic (exact) mass is 273 g/mol. The molecule has 4 nitrogen and oxygen atoms in total. The lowest BCUT2D eigenvalue weighted by molar-refractivity contribution is -0.684. The molecular weight excluding hydrogens is 252 g/mol. The fourth-order valence-electron chi connectivity index (χ4n) is 1.99. The molecule has 4 heteroatoms. The van der Waals surface area contributed by atoms with Crippen molar-refractivity contribution in [2.75, 3.05) is 11.9 Å². The van der Waals surface area contributed by atoms with E-state index in [1.165, 1.54) is 5.56 Å². The van der Waals surface area contributed by atoms with Crippen molar-refractivity contribution >= 4 is 11.6 Å². The third-order valence-corrected chi connectivity index (χ3v) is 3.29. The Morgan fingerprint density at radius 3 is 2.65 bits per heavy atom. The number of carbonyl (C=O) groups is 1. The molecule has 1 atom stereocenters. The number of nitrogens with one attached hydrogen (secondary N) is 1. The Bertz CT molecular complexity index is 532. The second kappa shape index (κ2) is 6.91. The molecule has 1 amide bonds. The molecule has 0 spiro atoms. The first-order valence-electron chi connectivity index (χ1n) is 6.94. The molecule has 0 saturated carbocycles. The van der Waals surface area contributed by atoms with E-state index in [1.807, 2.05) is 48.6 Å². The zero-order chi connectivity index (χ0) is 14.4. The smallest absolute Gasteiger partial charge is 0.279 e. The van der Waals surface area contributed by atoms with Gasteiger partial charge in [0.1, 0.15) is 6.04 Å². The molecule has 0 unspecified atom stereocenters. The van der Waals surface area contributed by atoms with Gasteiger partial charge in [-0.25, -0.2) is 0 Å². The van der Waals surface area contributed by atoms with Gasteiger partial charge in [-0.15, -0.1) is 0 Å². The van der Waals surface area contributed by atoms with Crippen molar-refractivity contribution in [1.29, 1.82) is 0 Å². The van der Waals surface area contributed by atoms with E-state index in [9.17, 15) is 4.79 Å². The number of carbonyl (C=O) groups excluding carboxylic acids is 1. The maximum absolute atomic E-state index is 11.9. The summed E-state index contributed by atoms with van der Waals surface area (Å²) in [6.07, 6.45) is 2.65. The molecular formula is C16H21N2O2+. The van der Waals surface area contributed by atoms with Crippen LogP contribution in [0.4, 0.5) is 5.69 Å². The molecule has 1 heterocycles. The van der Waals surface area contributed by atoms with Gasteiger partial charge in [0, 0.05) is 5.69 Å². The van der Waals surface area contributed by atoms with Crippen molar-refractivity contribution in [2.24, 2.45) is 0 Å². The van der Waals surface area contributed by atoms with Crippen LogP contribution < -0.4 is 10.6 Å². The Morgan fingerprint density at radius 1 is 1.30 bits per heavy atom. The number of quaternary nitrogens is 1. The van der Waals surface area contributed by atoms with Gasteiger partial charge in [0.25, 0.3) is 5.91 Å². The lowest BCUT2D eigenvalue weighted by Gasteiger charge is -2.09. The van der Waals surface area contributed by atoms with Gasteiger partial charge in [0.15, 0.2) is 12.3 Å². The van der Waals surface area contributed by atoms with Gasteiger partial charge in [-0.05, 0) is 43.2 Å². The summed E-state index contributed by atoms with van der Waals surface area (Å²) in [4.78, 5) is 11.9. The highest BCUT2D eigenvalue weighted by Gasteiger charge is 2.13. The van der Waals surface area contributed by atoms with Crippen LogP contribution in [0, 0.1) is 0 Å². The molecule has 1 aromatic carbocycles. The standard InChI is InChI=1S/C16H20N2O2/c1-3-13-6-8-14(9-7-13)18-16(19)11-17-12(2)15-5-4-10-20-15/h4-10,12,17H,3,11H2,1-2H3,(H,18,19)/p+1/t12-/m1/s1. The number of hydrogen-bond acceptors (Lipinski definition) is 2. The van der Waals surface area contributed by atoms with Crippen molar-refractivity contribution < 1.29 is 14.5 Å². The molecule has 0 saturated heterocycles. The summed E-state index contributed by atoms with van der Waals surface area (Å²) in [5, 5.41) is 4.85. The number of nitrogens with two attached hydrogens (primary N) is 1. The molecule has 0 aliphatic rings.